The highest BCUT2D eigenvalue weighted by Crippen LogP contribution is 2.30. The van der Waals surface area contributed by atoms with Gasteiger partial charge in [0.15, 0.2) is 0 Å². The number of alkyl halides is 3. The summed E-state index contributed by atoms with van der Waals surface area (Å²) in [5, 5.41) is 2.93. The summed E-state index contributed by atoms with van der Waals surface area (Å²) in [6, 6.07) is 25.7. The summed E-state index contributed by atoms with van der Waals surface area (Å²) in [6.45, 7) is 0.911. The number of urea groups is 1. The quantitative estimate of drug-likeness (QED) is 0.257. The molecule has 0 aliphatic carbocycles. The van der Waals surface area contributed by atoms with Crippen LogP contribution in [0, 0.1) is 0 Å². The molecule has 0 bridgehead atoms. The smallest absolute Gasteiger partial charge is 0.345 e. The van der Waals surface area contributed by atoms with Crippen LogP contribution in [0.4, 0.5) is 23.7 Å². The zero-order valence-corrected chi connectivity index (χ0v) is 20.3. The van der Waals surface area contributed by atoms with Crippen LogP contribution in [0.2, 0.25) is 0 Å². The van der Waals surface area contributed by atoms with Crippen LogP contribution in [0.3, 0.4) is 0 Å². The van der Waals surface area contributed by atoms with Crippen molar-refractivity contribution in [2.75, 3.05) is 5.32 Å². The third kappa shape index (κ3) is 6.76. The van der Waals surface area contributed by atoms with Crippen LogP contribution in [0.25, 0.3) is 0 Å². The zero-order chi connectivity index (χ0) is 24.8. The van der Waals surface area contributed by atoms with Crippen molar-refractivity contribution >= 4 is 27.6 Å². The fourth-order valence-corrected chi connectivity index (χ4v) is 4.16. The lowest BCUT2D eigenvalue weighted by molar-refractivity contribution is -0.137. The molecule has 0 spiro atoms. The van der Waals surface area contributed by atoms with E-state index in [0.29, 0.717) is 17.8 Å². The van der Waals surface area contributed by atoms with Crippen LogP contribution in [0.15, 0.2) is 102 Å². The number of aromatic nitrogens is 1. The van der Waals surface area contributed by atoms with Crippen molar-refractivity contribution < 1.29 is 18.0 Å². The molecule has 8 heteroatoms. The number of anilines is 1. The van der Waals surface area contributed by atoms with E-state index < -0.39 is 11.7 Å². The monoisotopic (exact) mass is 541 g/mol. The molecule has 0 aliphatic rings. The fourth-order valence-electron chi connectivity index (χ4n) is 3.76. The van der Waals surface area contributed by atoms with Crippen molar-refractivity contribution in [3.63, 3.8) is 0 Å². The van der Waals surface area contributed by atoms with Gasteiger partial charge in [-0.3, -0.25) is 0 Å². The van der Waals surface area contributed by atoms with Crippen LogP contribution >= 0.6 is 15.9 Å². The van der Waals surface area contributed by atoms with E-state index in [9.17, 15) is 18.0 Å². The number of hydrogen-bond donors (Lipinski definition) is 1. The van der Waals surface area contributed by atoms with E-state index in [1.165, 1.54) is 6.07 Å². The third-order valence-electron chi connectivity index (χ3n) is 5.46. The van der Waals surface area contributed by atoms with Gasteiger partial charge in [-0.2, -0.15) is 13.2 Å². The Morgan fingerprint density at radius 3 is 2.34 bits per heavy atom. The van der Waals surface area contributed by atoms with Crippen molar-refractivity contribution in [1.29, 1.82) is 0 Å². The van der Waals surface area contributed by atoms with Gasteiger partial charge in [0.25, 0.3) is 0 Å². The van der Waals surface area contributed by atoms with Crippen LogP contribution in [0.1, 0.15) is 22.4 Å². The Morgan fingerprint density at radius 2 is 1.60 bits per heavy atom. The Hall–Kier alpha value is -3.52. The summed E-state index contributed by atoms with van der Waals surface area (Å²) < 4.78 is 42.1. The first kappa shape index (κ1) is 24.6. The standard InChI is InChI=1S/C27H23BrF3N3O/c28-23-11-5-12-24(16-23)32-26(35)34(17-20-7-2-1-3-8-20)19-25-13-6-14-33(25)18-21-9-4-10-22(15-21)27(29,30)31/h1-16H,17-19H2,(H,32,35). The molecule has 0 fully saturated rings. The number of hydrogen-bond acceptors (Lipinski definition) is 1. The van der Waals surface area contributed by atoms with E-state index in [0.717, 1.165) is 27.9 Å². The maximum Gasteiger partial charge on any atom is 0.416 e. The average Bonchev–Trinajstić information content (AvgIpc) is 3.25. The predicted molar refractivity (Wildman–Crippen MR) is 134 cm³/mol. The molecule has 1 N–H and O–H groups in total. The second kappa shape index (κ2) is 10.8. The second-order valence-corrected chi connectivity index (χ2v) is 9.02. The van der Waals surface area contributed by atoms with E-state index in [-0.39, 0.29) is 19.1 Å². The Morgan fingerprint density at radius 1 is 0.857 bits per heavy atom. The first-order valence-corrected chi connectivity index (χ1v) is 11.7. The highest BCUT2D eigenvalue weighted by atomic mass is 79.9. The SMILES string of the molecule is O=C(Nc1cccc(Br)c1)N(Cc1ccccc1)Cc1cccn1Cc1cccc(C(F)(F)F)c1. The first-order valence-electron chi connectivity index (χ1n) is 10.9. The maximum atomic E-state index is 13.2. The normalized spacial score (nSPS) is 11.3. The molecule has 0 saturated carbocycles. The van der Waals surface area contributed by atoms with Crippen molar-refractivity contribution in [3.05, 3.63) is 124 Å². The number of benzene rings is 3. The minimum atomic E-state index is -4.40. The Labute approximate surface area is 210 Å². The van der Waals surface area contributed by atoms with E-state index in [1.54, 1.807) is 17.0 Å². The molecule has 0 unspecified atom stereocenters. The summed E-state index contributed by atoms with van der Waals surface area (Å²) in [5.74, 6) is 0. The van der Waals surface area contributed by atoms with Gasteiger partial charge in [-0.25, -0.2) is 4.79 Å². The maximum absolute atomic E-state index is 13.2. The van der Waals surface area contributed by atoms with Gasteiger partial charge in [0, 0.05) is 35.1 Å². The largest absolute Gasteiger partial charge is 0.416 e. The molecule has 0 atom stereocenters. The van der Waals surface area contributed by atoms with E-state index in [1.807, 2.05) is 71.4 Å². The predicted octanol–water partition coefficient (Wildman–Crippen LogP) is 7.55. The topological polar surface area (TPSA) is 37.3 Å². The molecular weight excluding hydrogens is 519 g/mol. The van der Waals surface area contributed by atoms with Gasteiger partial charge in [-0.1, -0.05) is 64.5 Å². The van der Waals surface area contributed by atoms with E-state index in [2.05, 4.69) is 21.2 Å². The number of nitrogens with zero attached hydrogens (tertiary/aromatic N) is 2. The van der Waals surface area contributed by atoms with Gasteiger partial charge in [0.05, 0.1) is 12.1 Å². The van der Waals surface area contributed by atoms with Gasteiger partial charge >= 0.3 is 12.2 Å². The highest BCUT2D eigenvalue weighted by Gasteiger charge is 2.30. The van der Waals surface area contributed by atoms with Crippen molar-refractivity contribution in [2.24, 2.45) is 0 Å². The molecule has 0 aliphatic heterocycles. The summed E-state index contributed by atoms with van der Waals surface area (Å²) in [7, 11) is 0. The van der Waals surface area contributed by atoms with Crippen molar-refractivity contribution in [3.8, 4) is 0 Å². The fraction of sp³-hybridized carbons (Fsp3) is 0.148. The number of amides is 2. The van der Waals surface area contributed by atoms with Gasteiger partial charge in [-0.05, 0) is 53.6 Å². The first-order chi connectivity index (χ1) is 16.8. The number of nitrogens with one attached hydrogen (secondary N) is 1. The molecule has 4 nitrogen and oxygen atoms in total. The molecular formula is C27H23BrF3N3O. The minimum absolute atomic E-state index is 0.263. The van der Waals surface area contributed by atoms with Gasteiger partial charge in [-0.15, -0.1) is 0 Å². The van der Waals surface area contributed by atoms with Crippen LogP contribution in [-0.4, -0.2) is 15.5 Å². The molecule has 1 heterocycles. The Kier molecular flexibility index (Phi) is 7.60. The lowest BCUT2D eigenvalue weighted by atomic mass is 10.1. The van der Waals surface area contributed by atoms with Gasteiger partial charge < -0.3 is 14.8 Å². The molecule has 180 valence electrons. The molecule has 0 saturated heterocycles. The van der Waals surface area contributed by atoms with Crippen LogP contribution < -0.4 is 5.32 Å². The number of carbonyl (C=O) groups is 1. The third-order valence-corrected chi connectivity index (χ3v) is 5.96. The summed E-state index contributed by atoms with van der Waals surface area (Å²) in [5.41, 5.74) is 2.28. The van der Waals surface area contributed by atoms with Crippen LogP contribution in [0.5, 0.6) is 0 Å². The molecule has 4 rings (SSSR count). The van der Waals surface area contributed by atoms with Crippen molar-refractivity contribution in [2.45, 2.75) is 25.8 Å². The van der Waals surface area contributed by atoms with Gasteiger partial charge in [0.1, 0.15) is 0 Å². The van der Waals surface area contributed by atoms with Crippen LogP contribution in [-0.2, 0) is 25.8 Å². The molecule has 35 heavy (non-hydrogen) atoms. The summed E-state index contributed by atoms with van der Waals surface area (Å²) in [6.07, 6.45) is -2.59. The molecule has 1 aromatic heterocycles. The summed E-state index contributed by atoms with van der Waals surface area (Å²) in [4.78, 5) is 14.9. The molecule has 0 radical (unpaired) electrons. The lowest BCUT2D eigenvalue weighted by Gasteiger charge is -2.24. The Bertz CT molecular complexity index is 1290. The average molecular weight is 542 g/mol. The molecule has 2 amide bonds. The zero-order valence-electron chi connectivity index (χ0n) is 18.7. The van der Waals surface area contributed by atoms with Crippen molar-refractivity contribution in [1.82, 2.24) is 9.47 Å². The molecule has 4 aromatic rings. The summed E-state index contributed by atoms with van der Waals surface area (Å²) >= 11 is 3.41. The molecule has 3 aromatic carbocycles. The Balaban J connectivity index is 1.56. The second-order valence-electron chi connectivity index (χ2n) is 8.11. The lowest BCUT2D eigenvalue weighted by Crippen LogP contribution is -2.34. The van der Waals surface area contributed by atoms with E-state index in [4.69, 9.17) is 0 Å². The van der Waals surface area contributed by atoms with E-state index >= 15 is 0 Å². The number of carbonyl (C=O) groups excluding carboxylic acids is 1. The highest BCUT2D eigenvalue weighted by molar-refractivity contribution is 9.10. The number of halogens is 4. The van der Waals surface area contributed by atoms with Gasteiger partial charge in [0.2, 0.25) is 0 Å². The minimum Gasteiger partial charge on any atom is -0.345 e. The number of rotatable bonds is 7.